The van der Waals surface area contributed by atoms with E-state index in [1.54, 1.807) is 12.4 Å². The van der Waals surface area contributed by atoms with E-state index in [-0.39, 0.29) is 18.9 Å². The van der Waals surface area contributed by atoms with Crippen LogP contribution >= 0.6 is 0 Å². The Bertz CT molecular complexity index is 633. The Kier molecular flexibility index (Phi) is 7.76. The highest BCUT2D eigenvalue weighted by Gasteiger charge is 2.19. The van der Waals surface area contributed by atoms with E-state index < -0.39 is 10.0 Å². The minimum atomic E-state index is -3.34. The van der Waals surface area contributed by atoms with E-state index in [0.717, 1.165) is 18.7 Å². The molecule has 1 fully saturated rings. The molecule has 1 amide bonds. The first kappa shape index (κ1) is 19.8. The molecule has 1 saturated heterocycles. The summed E-state index contributed by atoms with van der Waals surface area (Å²) < 4.78 is 30.5. The third-order valence-electron chi connectivity index (χ3n) is 4.07. The summed E-state index contributed by atoms with van der Waals surface area (Å²) in [5.41, 5.74) is 0.954. The number of hydrogen-bond donors (Lipinski definition) is 1. The van der Waals surface area contributed by atoms with Gasteiger partial charge in [0.15, 0.2) is 0 Å². The Morgan fingerprint density at radius 3 is 2.60 bits per heavy atom. The lowest BCUT2D eigenvalue weighted by atomic mass is 10.2. The minimum absolute atomic E-state index is 0.140. The van der Waals surface area contributed by atoms with Crippen LogP contribution in [-0.2, 0) is 26.1 Å². The molecule has 2 heterocycles. The third kappa shape index (κ3) is 7.47. The van der Waals surface area contributed by atoms with Gasteiger partial charge in [-0.05, 0) is 17.7 Å². The third-order valence-corrected chi connectivity index (χ3v) is 5.37. The first-order valence-corrected chi connectivity index (χ1v) is 10.2. The summed E-state index contributed by atoms with van der Waals surface area (Å²) in [6.45, 7) is 4.60. The van der Waals surface area contributed by atoms with Gasteiger partial charge in [0.05, 0.1) is 19.5 Å². The maximum absolute atomic E-state index is 12.0. The fourth-order valence-electron chi connectivity index (χ4n) is 2.54. The Labute approximate surface area is 149 Å². The average molecular weight is 370 g/mol. The summed E-state index contributed by atoms with van der Waals surface area (Å²) in [5, 5.41) is 2.80. The van der Waals surface area contributed by atoms with E-state index >= 15 is 0 Å². The minimum Gasteiger partial charge on any atom is -0.379 e. The van der Waals surface area contributed by atoms with Crippen molar-refractivity contribution in [2.75, 3.05) is 52.2 Å². The van der Waals surface area contributed by atoms with Crippen molar-refractivity contribution in [1.29, 1.82) is 0 Å². The van der Waals surface area contributed by atoms with Crippen LogP contribution in [0.25, 0.3) is 0 Å². The van der Waals surface area contributed by atoms with Gasteiger partial charge in [-0.1, -0.05) is 0 Å². The van der Waals surface area contributed by atoms with Gasteiger partial charge in [-0.25, -0.2) is 12.7 Å². The number of hydrogen-bond acceptors (Lipinski definition) is 6. The van der Waals surface area contributed by atoms with E-state index in [1.807, 2.05) is 12.1 Å². The second kappa shape index (κ2) is 9.81. The SMILES string of the molecule is CS(=O)(=O)N(CCC(=O)NCc1ccncc1)CCN1CCOCC1. The zero-order valence-electron chi connectivity index (χ0n) is 14.6. The molecule has 140 valence electrons. The fourth-order valence-corrected chi connectivity index (χ4v) is 3.37. The topological polar surface area (TPSA) is 91.8 Å². The van der Waals surface area contributed by atoms with Crippen LogP contribution in [0.15, 0.2) is 24.5 Å². The largest absolute Gasteiger partial charge is 0.379 e. The van der Waals surface area contributed by atoms with Crippen LogP contribution in [0.3, 0.4) is 0 Å². The molecule has 0 aromatic carbocycles. The monoisotopic (exact) mass is 370 g/mol. The van der Waals surface area contributed by atoms with Gasteiger partial charge in [-0.15, -0.1) is 0 Å². The Morgan fingerprint density at radius 2 is 1.96 bits per heavy atom. The first-order chi connectivity index (χ1) is 11.9. The zero-order valence-corrected chi connectivity index (χ0v) is 15.4. The molecule has 1 N–H and O–H groups in total. The lowest BCUT2D eigenvalue weighted by Crippen LogP contribution is -2.43. The molecular formula is C16H26N4O4S. The summed E-state index contributed by atoms with van der Waals surface area (Å²) in [4.78, 5) is 18.1. The second-order valence-corrected chi connectivity index (χ2v) is 7.98. The quantitative estimate of drug-likeness (QED) is 0.641. The number of rotatable bonds is 9. The Hall–Kier alpha value is -1.55. The molecule has 8 nitrogen and oxygen atoms in total. The summed E-state index contributed by atoms with van der Waals surface area (Å²) in [7, 11) is -3.34. The predicted molar refractivity (Wildman–Crippen MR) is 94.4 cm³/mol. The van der Waals surface area contributed by atoms with Crippen molar-refractivity contribution in [1.82, 2.24) is 19.5 Å². The number of ether oxygens (including phenoxy) is 1. The number of carbonyl (C=O) groups is 1. The van der Waals surface area contributed by atoms with Crippen molar-refractivity contribution in [2.45, 2.75) is 13.0 Å². The lowest BCUT2D eigenvalue weighted by molar-refractivity contribution is -0.121. The van der Waals surface area contributed by atoms with Crippen molar-refractivity contribution in [3.8, 4) is 0 Å². The van der Waals surface area contributed by atoms with Gasteiger partial charge in [0.2, 0.25) is 15.9 Å². The van der Waals surface area contributed by atoms with E-state index in [9.17, 15) is 13.2 Å². The normalized spacial score (nSPS) is 16.1. The number of pyridine rings is 1. The molecule has 0 bridgehead atoms. The number of sulfonamides is 1. The van der Waals surface area contributed by atoms with Crippen molar-refractivity contribution < 1.29 is 17.9 Å². The summed E-state index contributed by atoms with van der Waals surface area (Å²) in [6.07, 6.45) is 4.65. The van der Waals surface area contributed by atoms with Gasteiger partial charge >= 0.3 is 0 Å². The van der Waals surface area contributed by atoms with Crippen LogP contribution in [0.2, 0.25) is 0 Å². The summed E-state index contributed by atoms with van der Waals surface area (Å²) in [6, 6.07) is 3.65. The molecule has 25 heavy (non-hydrogen) atoms. The lowest BCUT2D eigenvalue weighted by Gasteiger charge is -2.29. The van der Waals surface area contributed by atoms with E-state index in [4.69, 9.17) is 4.74 Å². The van der Waals surface area contributed by atoms with Gasteiger partial charge in [-0.3, -0.25) is 14.7 Å². The van der Waals surface area contributed by atoms with Crippen LogP contribution in [0.4, 0.5) is 0 Å². The second-order valence-electron chi connectivity index (χ2n) is 6.00. The van der Waals surface area contributed by atoms with Crippen LogP contribution in [0, 0.1) is 0 Å². The maximum Gasteiger partial charge on any atom is 0.221 e. The molecule has 9 heteroatoms. The van der Waals surface area contributed by atoms with Crippen LogP contribution < -0.4 is 5.32 Å². The van der Waals surface area contributed by atoms with Crippen LogP contribution in [-0.4, -0.2) is 80.7 Å². The average Bonchev–Trinajstić information content (AvgIpc) is 2.60. The number of nitrogens with one attached hydrogen (secondary N) is 1. The molecule has 0 aliphatic carbocycles. The highest BCUT2D eigenvalue weighted by atomic mass is 32.2. The molecular weight excluding hydrogens is 344 g/mol. The predicted octanol–water partition coefficient (Wildman–Crippen LogP) is -0.318. The molecule has 0 atom stereocenters. The number of aromatic nitrogens is 1. The Morgan fingerprint density at radius 1 is 1.28 bits per heavy atom. The smallest absolute Gasteiger partial charge is 0.221 e. The fraction of sp³-hybridized carbons (Fsp3) is 0.625. The number of carbonyl (C=O) groups excluding carboxylic acids is 1. The van der Waals surface area contributed by atoms with Crippen molar-refractivity contribution in [3.63, 3.8) is 0 Å². The van der Waals surface area contributed by atoms with Gasteiger partial charge in [0, 0.05) is 58.1 Å². The van der Waals surface area contributed by atoms with Crippen molar-refractivity contribution >= 4 is 15.9 Å². The van der Waals surface area contributed by atoms with Gasteiger partial charge in [0.1, 0.15) is 0 Å². The molecule has 1 aromatic rings. The number of morpholine rings is 1. The zero-order chi connectivity index (χ0) is 18.1. The number of amides is 1. The van der Waals surface area contributed by atoms with Crippen LogP contribution in [0.5, 0.6) is 0 Å². The van der Waals surface area contributed by atoms with Gasteiger partial charge in [-0.2, -0.15) is 0 Å². The molecule has 1 aliphatic rings. The van der Waals surface area contributed by atoms with Crippen molar-refractivity contribution in [2.24, 2.45) is 0 Å². The van der Waals surface area contributed by atoms with E-state index in [1.165, 1.54) is 10.6 Å². The van der Waals surface area contributed by atoms with Crippen molar-refractivity contribution in [3.05, 3.63) is 30.1 Å². The van der Waals surface area contributed by atoms with E-state index in [0.29, 0.717) is 32.8 Å². The molecule has 2 rings (SSSR count). The molecule has 1 aliphatic heterocycles. The molecule has 1 aromatic heterocycles. The standard InChI is InChI=1S/C16H26N4O4S/c1-25(22,23)20(9-8-19-10-12-24-13-11-19)7-4-16(21)18-14-15-2-5-17-6-3-15/h2-3,5-6H,4,7-14H2,1H3,(H,18,21). The molecule has 0 radical (unpaired) electrons. The molecule has 0 unspecified atom stereocenters. The summed E-state index contributed by atoms with van der Waals surface area (Å²) >= 11 is 0. The molecule has 0 saturated carbocycles. The van der Waals surface area contributed by atoms with Crippen LogP contribution in [0.1, 0.15) is 12.0 Å². The van der Waals surface area contributed by atoms with E-state index in [2.05, 4.69) is 15.2 Å². The Balaban J connectivity index is 1.75. The highest BCUT2D eigenvalue weighted by molar-refractivity contribution is 7.88. The van der Waals surface area contributed by atoms with Gasteiger partial charge < -0.3 is 10.1 Å². The maximum atomic E-state index is 12.0. The first-order valence-electron chi connectivity index (χ1n) is 8.36. The van der Waals surface area contributed by atoms with Gasteiger partial charge in [0.25, 0.3) is 0 Å². The highest BCUT2D eigenvalue weighted by Crippen LogP contribution is 2.03. The summed E-state index contributed by atoms with van der Waals surface area (Å²) in [5.74, 6) is -0.170. The molecule has 0 spiro atoms. The number of nitrogens with zero attached hydrogens (tertiary/aromatic N) is 3.